The molecule has 1 aliphatic heterocycles. The zero-order chi connectivity index (χ0) is 25.9. The average Bonchev–Trinajstić information content (AvgIpc) is 3.06. The summed E-state index contributed by atoms with van der Waals surface area (Å²) in [4.78, 5) is 31.4. The van der Waals surface area contributed by atoms with Crippen LogP contribution in [0.1, 0.15) is 11.1 Å². The predicted octanol–water partition coefficient (Wildman–Crippen LogP) is 3.89. The first-order valence-electron chi connectivity index (χ1n) is 10.5. The number of rotatable bonds is 8. The van der Waals surface area contributed by atoms with E-state index in [4.69, 9.17) is 0 Å². The molecule has 0 bridgehead atoms. The monoisotopic (exact) mass is 520 g/mol. The summed E-state index contributed by atoms with van der Waals surface area (Å²) < 4.78 is 68.2. The van der Waals surface area contributed by atoms with Crippen LogP contribution in [0, 0.1) is 0 Å². The lowest BCUT2D eigenvalue weighted by molar-refractivity contribution is -0.274. The van der Waals surface area contributed by atoms with Gasteiger partial charge in [0.25, 0.3) is 5.91 Å². The highest BCUT2D eigenvalue weighted by molar-refractivity contribution is 7.91. The fraction of sp³-hybridized carbons (Fsp3) is 0.174. The minimum absolute atomic E-state index is 0.0216. The minimum Gasteiger partial charge on any atom is -0.406 e. The number of pyridine rings is 1. The molecular weight excluding hydrogens is 501 g/mol. The third-order valence-corrected chi connectivity index (χ3v) is 6.26. The van der Waals surface area contributed by atoms with E-state index in [2.05, 4.69) is 14.4 Å². The van der Waals surface area contributed by atoms with Crippen LogP contribution in [-0.2, 0) is 27.1 Å². The Morgan fingerprint density at radius 2 is 1.67 bits per heavy atom. The number of nitrogens with zero attached hydrogens (tertiary/aromatic N) is 3. The number of urea groups is 1. The normalized spacial score (nSPS) is 14.3. The number of nitrogens with one attached hydrogen (secondary N) is 1. The second-order valence-corrected chi connectivity index (χ2v) is 9.53. The molecule has 2 aromatic carbocycles. The maximum Gasteiger partial charge on any atom is 0.573 e. The zero-order valence-electron chi connectivity index (χ0n) is 18.5. The third-order valence-electron chi connectivity index (χ3n) is 5.02. The molecule has 0 aliphatic carbocycles. The van der Waals surface area contributed by atoms with Crippen molar-refractivity contribution in [2.45, 2.75) is 18.7 Å². The molecule has 0 radical (unpaired) electrons. The molecule has 2 heterocycles. The molecule has 0 atom stereocenters. The molecule has 0 spiro atoms. The van der Waals surface area contributed by atoms with Crippen LogP contribution in [0.15, 0.2) is 72.9 Å². The second kappa shape index (κ2) is 9.85. The van der Waals surface area contributed by atoms with Gasteiger partial charge in [-0.3, -0.25) is 9.52 Å². The zero-order valence-corrected chi connectivity index (χ0v) is 19.3. The molecule has 3 amide bonds. The first-order chi connectivity index (χ1) is 17.0. The minimum atomic E-state index is -4.86. The van der Waals surface area contributed by atoms with Crippen molar-refractivity contribution < 1.29 is 35.9 Å². The maximum atomic E-state index is 12.8. The first-order valence-corrected chi connectivity index (χ1v) is 12.1. The third kappa shape index (κ3) is 6.30. The lowest BCUT2D eigenvalue weighted by Gasteiger charge is -2.18. The number of anilines is 2. The second-order valence-electron chi connectivity index (χ2n) is 7.81. The first kappa shape index (κ1) is 25.0. The van der Waals surface area contributed by atoms with Crippen molar-refractivity contribution in [3.8, 4) is 5.75 Å². The highest BCUT2D eigenvalue weighted by Crippen LogP contribution is 2.28. The number of sulfonamides is 1. The van der Waals surface area contributed by atoms with E-state index in [-0.39, 0.29) is 30.3 Å². The lowest BCUT2D eigenvalue weighted by atomic mass is 10.2. The number of benzene rings is 2. The maximum absolute atomic E-state index is 12.8. The van der Waals surface area contributed by atoms with Gasteiger partial charge in [-0.1, -0.05) is 30.3 Å². The van der Waals surface area contributed by atoms with Crippen LogP contribution in [0.2, 0.25) is 0 Å². The fourth-order valence-corrected chi connectivity index (χ4v) is 4.70. The van der Waals surface area contributed by atoms with Gasteiger partial charge < -0.3 is 9.64 Å². The molecule has 1 aliphatic rings. The molecule has 1 N–H and O–H groups in total. The standard InChI is InChI=1S/C23H19F3N4O5S/c24-23(25,26)35-19-8-6-18(7-9-19)30-21(31)14-29(22(30)32)13-17-10-11-27-20(12-17)28-36(33,34)15-16-4-2-1-3-5-16/h1-12H,13-15H2,(H,27,28). The van der Waals surface area contributed by atoms with Gasteiger partial charge in [0, 0.05) is 12.7 Å². The topological polar surface area (TPSA) is 109 Å². The van der Waals surface area contributed by atoms with E-state index >= 15 is 0 Å². The van der Waals surface area contributed by atoms with Crippen molar-refractivity contribution in [2.24, 2.45) is 0 Å². The summed E-state index contributed by atoms with van der Waals surface area (Å²) in [6, 6.07) is 15.3. The van der Waals surface area contributed by atoms with Crippen molar-refractivity contribution in [3.63, 3.8) is 0 Å². The number of aromatic nitrogens is 1. The number of imide groups is 1. The smallest absolute Gasteiger partial charge is 0.406 e. The van der Waals surface area contributed by atoms with E-state index in [1.165, 1.54) is 29.3 Å². The summed E-state index contributed by atoms with van der Waals surface area (Å²) in [6.07, 6.45) is -3.49. The quantitative estimate of drug-likeness (QED) is 0.452. The van der Waals surface area contributed by atoms with Crippen molar-refractivity contribution in [3.05, 3.63) is 84.1 Å². The van der Waals surface area contributed by atoms with Gasteiger partial charge in [0.2, 0.25) is 10.0 Å². The van der Waals surface area contributed by atoms with Crippen LogP contribution in [-0.4, -0.2) is 43.1 Å². The van der Waals surface area contributed by atoms with E-state index in [0.29, 0.717) is 11.1 Å². The molecule has 188 valence electrons. The average molecular weight is 520 g/mol. The number of amides is 3. The van der Waals surface area contributed by atoms with E-state index in [1.54, 1.807) is 36.4 Å². The molecule has 0 unspecified atom stereocenters. The Balaban J connectivity index is 1.43. The van der Waals surface area contributed by atoms with Gasteiger partial charge in [-0.2, -0.15) is 0 Å². The number of hydrogen-bond acceptors (Lipinski definition) is 6. The van der Waals surface area contributed by atoms with Gasteiger partial charge in [-0.05, 0) is 47.5 Å². The fourth-order valence-electron chi connectivity index (χ4n) is 3.56. The van der Waals surface area contributed by atoms with Gasteiger partial charge in [0.05, 0.1) is 11.4 Å². The Morgan fingerprint density at radius 1 is 0.972 bits per heavy atom. The van der Waals surface area contributed by atoms with E-state index in [1.807, 2.05) is 0 Å². The van der Waals surface area contributed by atoms with Gasteiger partial charge in [0.1, 0.15) is 18.1 Å². The number of hydrogen-bond donors (Lipinski definition) is 1. The highest BCUT2D eigenvalue weighted by atomic mass is 32.2. The van der Waals surface area contributed by atoms with E-state index < -0.39 is 34.1 Å². The summed E-state index contributed by atoms with van der Waals surface area (Å²) >= 11 is 0. The summed E-state index contributed by atoms with van der Waals surface area (Å²) in [5, 5.41) is 0. The van der Waals surface area contributed by atoms with Crippen molar-refractivity contribution in [1.29, 1.82) is 0 Å². The summed E-state index contributed by atoms with van der Waals surface area (Å²) in [7, 11) is -3.75. The van der Waals surface area contributed by atoms with E-state index in [9.17, 15) is 31.2 Å². The SMILES string of the molecule is O=C1CN(Cc2ccnc(NS(=O)(=O)Cc3ccccc3)c2)C(=O)N1c1ccc(OC(F)(F)F)cc1. The Hall–Kier alpha value is -4.13. The molecular formula is C23H19F3N4O5S. The molecule has 3 aromatic rings. The molecule has 13 heteroatoms. The van der Waals surface area contributed by atoms with Crippen LogP contribution in [0.25, 0.3) is 0 Å². The molecule has 4 rings (SSSR count). The molecule has 9 nitrogen and oxygen atoms in total. The number of carbonyl (C=O) groups excluding carboxylic acids is 2. The van der Waals surface area contributed by atoms with Crippen LogP contribution >= 0.6 is 0 Å². The number of carbonyl (C=O) groups is 2. The Bertz CT molecular complexity index is 1370. The van der Waals surface area contributed by atoms with Gasteiger partial charge in [-0.25, -0.2) is 23.1 Å². The van der Waals surface area contributed by atoms with E-state index in [0.717, 1.165) is 17.0 Å². The van der Waals surface area contributed by atoms with Crippen LogP contribution in [0.3, 0.4) is 0 Å². The van der Waals surface area contributed by atoms with Gasteiger partial charge in [-0.15, -0.1) is 13.2 Å². The Morgan fingerprint density at radius 3 is 2.33 bits per heavy atom. The van der Waals surface area contributed by atoms with Crippen LogP contribution in [0.5, 0.6) is 5.75 Å². The summed E-state index contributed by atoms with van der Waals surface area (Å²) in [5.74, 6) is -1.25. The van der Waals surface area contributed by atoms with Crippen LogP contribution in [0.4, 0.5) is 29.5 Å². The van der Waals surface area contributed by atoms with Gasteiger partial charge >= 0.3 is 12.4 Å². The Labute approximate surface area is 204 Å². The number of ether oxygens (including phenoxy) is 1. The van der Waals surface area contributed by atoms with Crippen molar-refractivity contribution >= 4 is 33.5 Å². The number of alkyl halides is 3. The van der Waals surface area contributed by atoms with Crippen molar-refractivity contribution in [1.82, 2.24) is 9.88 Å². The van der Waals surface area contributed by atoms with Crippen LogP contribution < -0.4 is 14.4 Å². The molecule has 0 saturated carbocycles. The highest BCUT2D eigenvalue weighted by Gasteiger charge is 2.37. The molecule has 1 aromatic heterocycles. The lowest BCUT2D eigenvalue weighted by Crippen LogP contribution is -2.32. The van der Waals surface area contributed by atoms with Gasteiger partial charge in [0.15, 0.2) is 0 Å². The Kier molecular flexibility index (Phi) is 6.84. The molecule has 36 heavy (non-hydrogen) atoms. The predicted molar refractivity (Wildman–Crippen MR) is 123 cm³/mol. The largest absolute Gasteiger partial charge is 0.573 e. The molecule has 1 saturated heterocycles. The number of halogens is 3. The summed E-state index contributed by atoms with van der Waals surface area (Å²) in [5.41, 5.74) is 1.20. The summed E-state index contributed by atoms with van der Waals surface area (Å²) in [6.45, 7) is -0.288. The van der Waals surface area contributed by atoms with Crippen molar-refractivity contribution in [2.75, 3.05) is 16.2 Å². The molecule has 1 fully saturated rings.